The summed E-state index contributed by atoms with van der Waals surface area (Å²) in [6, 6.07) is 8.28. The summed E-state index contributed by atoms with van der Waals surface area (Å²) >= 11 is 0. The Morgan fingerprint density at radius 2 is 1.79 bits per heavy atom. The van der Waals surface area contributed by atoms with Gasteiger partial charge in [0.15, 0.2) is 12.1 Å². The van der Waals surface area contributed by atoms with Crippen LogP contribution in [0.5, 0.6) is 0 Å². The molecule has 0 fully saturated rings. The summed E-state index contributed by atoms with van der Waals surface area (Å²) < 4.78 is 3.59. The Kier molecular flexibility index (Phi) is 6.42. The maximum absolute atomic E-state index is 10.9. The van der Waals surface area contributed by atoms with Gasteiger partial charge in [0.05, 0.1) is 11.4 Å². The lowest BCUT2D eigenvalue weighted by Crippen LogP contribution is -2.38. The number of fused-ring (bicyclic) bond motifs is 1. The lowest BCUT2D eigenvalue weighted by molar-refractivity contribution is 0.103. The molecule has 9 nitrogen and oxygen atoms in total. The second kappa shape index (κ2) is 9.15. The fourth-order valence-corrected chi connectivity index (χ4v) is 4.21. The topological polar surface area (TPSA) is 87.1 Å². The highest BCUT2D eigenvalue weighted by atomic mass is 16.3. The van der Waals surface area contributed by atoms with E-state index >= 15 is 0 Å². The quantitative estimate of drug-likeness (QED) is 0.545. The Morgan fingerprint density at radius 1 is 1.09 bits per heavy atom. The molecule has 0 radical (unpaired) electrons. The van der Waals surface area contributed by atoms with Crippen molar-refractivity contribution in [1.29, 1.82) is 0 Å². The van der Waals surface area contributed by atoms with E-state index in [1.807, 2.05) is 51.8 Å². The minimum atomic E-state index is -0.922. The van der Waals surface area contributed by atoms with E-state index in [9.17, 15) is 5.11 Å². The van der Waals surface area contributed by atoms with Crippen LogP contribution in [0.4, 0.5) is 11.4 Å². The van der Waals surface area contributed by atoms with Gasteiger partial charge in [-0.15, -0.1) is 0 Å². The fourth-order valence-electron chi connectivity index (χ4n) is 4.21. The van der Waals surface area contributed by atoms with E-state index in [0.29, 0.717) is 17.2 Å². The molecule has 34 heavy (non-hydrogen) atoms. The highest BCUT2D eigenvalue weighted by Crippen LogP contribution is 2.31. The molecule has 3 heterocycles. The van der Waals surface area contributed by atoms with Crippen molar-refractivity contribution < 1.29 is 5.11 Å². The van der Waals surface area contributed by atoms with Crippen molar-refractivity contribution in [3.05, 3.63) is 47.0 Å². The van der Waals surface area contributed by atoms with Crippen molar-refractivity contribution in [2.24, 2.45) is 17.1 Å². The summed E-state index contributed by atoms with van der Waals surface area (Å²) in [6.07, 6.45) is -0.922. The smallest absolute Gasteiger partial charge is 0.182 e. The Bertz CT molecular complexity index is 1260. The largest absolute Gasteiger partial charge is 0.372 e. The molecule has 0 saturated carbocycles. The highest BCUT2D eigenvalue weighted by molar-refractivity contribution is 6.50. The first-order chi connectivity index (χ1) is 16.2. The van der Waals surface area contributed by atoms with Crippen molar-refractivity contribution in [2.45, 2.75) is 40.8 Å². The predicted octanol–water partition coefficient (Wildman–Crippen LogP) is 3.27. The summed E-state index contributed by atoms with van der Waals surface area (Å²) in [4.78, 5) is 13.8. The molecule has 1 N–H and O–H groups in total. The van der Waals surface area contributed by atoms with Crippen LogP contribution in [0.3, 0.4) is 0 Å². The number of nitrogens with zero attached hydrogens (tertiary/aromatic N) is 8. The maximum Gasteiger partial charge on any atom is 0.182 e. The average molecular weight is 463 g/mol. The molecule has 0 aliphatic carbocycles. The van der Waals surface area contributed by atoms with Gasteiger partial charge in [-0.25, -0.2) is 14.7 Å². The van der Waals surface area contributed by atoms with Gasteiger partial charge in [-0.2, -0.15) is 10.2 Å². The van der Waals surface area contributed by atoms with E-state index in [-0.39, 0.29) is 0 Å². The third-order valence-electron chi connectivity index (χ3n) is 6.32. The first kappa shape index (κ1) is 23.8. The van der Waals surface area contributed by atoms with Crippen LogP contribution in [0.15, 0.2) is 34.4 Å². The molecular weight excluding hydrogens is 428 g/mol. The number of rotatable bonds is 7. The second-order valence-electron chi connectivity index (χ2n) is 8.90. The maximum atomic E-state index is 10.9. The first-order valence-electron chi connectivity index (χ1n) is 11.6. The number of aliphatic hydroxyl groups is 1. The molecule has 4 rings (SSSR count). The van der Waals surface area contributed by atoms with Crippen LogP contribution in [-0.4, -0.2) is 74.3 Å². The zero-order chi connectivity index (χ0) is 24.7. The van der Waals surface area contributed by atoms with Crippen LogP contribution in [0, 0.1) is 20.8 Å². The number of benzene rings is 1. The van der Waals surface area contributed by atoms with Gasteiger partial charge in [-0.1, -0.05) is 0 Å². The third kappa shape index (κ3) is 4.05. The van der Waals surface area contributed by atoms with Gasteiger partial charge in [0, 0.05) is 31.5 Å². The summed E-state index contributed by atoms with van der Waals surface area (Å²) in [5, 5.41) is 20.4. The van der Waals surface area contributed by atoms with Gasteiger partial charge >= 0.3 is 0 Å². The molecule has 0 saturated heterocycles. The van der Waals surface area contributed by atoms with Crippen LogP contribution in [0.25, 0.3) is 11.4 Å². The zero-order valence-corrected chi connectivity index (χ0v) is 21.3. The van der Waals surface area contributed by atoms with Crippen LogP contribution >= 0.6 is 0 Å². The number of anilines is 1. The van der Waals surface area contributed by atoms with Crippen LogP contribution in [0.1, 0.15) is 36.6 Å². The molecule has 1 atom stereocenters. The van der Waals surface area contributed by atoms with Gasteiger partial charge < -0.3 is 10.0 Å². The highest BCUT2D eigenvalue weighted by Gasteiger charge is 2.34. The van der Waals surface area contributed by atoms with Gasteiger partial charge in [-0.3, -0.25) is 9.58 Å². The summed E-state index contributed by atoms with van der Waals surface area (Å²) in [7, 11) is 5.53. The molecule has 0 spiro atoms. The number of hydrogen-bond donors (Lipinski definition) is 1. The van der Waals surface area contributed by atoms with Gasteiger partial charge in [-0.05, 0) is 78.5 Å². The molecule has 1 aliphatic heterocycles. The van der Waals surface area contributed by atoms with Gasteiger partial charge in [0.1, 0.15) is 22.8 Å². The minimum absolute atomic E-state index is 0.466. The van der Waals surface area contributed by atoms with Crippen molar-refractivity contribution in [2.75, 3.05) is 32.1 Å². The van der Waals surface area contributed by atoms with E-state index in [0.717, 1.165) is 47.1 Å². The molecular formula is C25H34N8O. The minimum Gasteiger partial charge on any atom is -0.372 e. The van der Waals surface area contributed by atoms with E-state index in [1.165, 1.54) is 5.69 Å². The molecule has 3 aromatic rings. The fraction of sp³-hybridized carbons (Fsp3) is 0.440. The molecule has 180 valence electrons. The zero-order valence-electron chi connectivity index (χ0n) is 21.3. The Morgan fingerprint density at radius 3 is 2.35 bits per heavy atom. The van der Waals surface area contributed by atoms with Gasteiger partial charge in [0.25, 0.3) is 0 Å². The number of aliphatic imine (C=N–C) groups is 1. The van der Waals surface area contributed by atoms with E-state index in [4.69, 9.17) is 15.1 Å². The molecule has 9 heteroatoms. The number of aromatic nitrogens is 4. The van der Waals surface area contributed by atoms with E-state index in [2.05, 4.69) is 42.9 Å². The average Bonchev–Trinajstić information content (AvgIpc) is 3.41. The molecule has 1 aromatic carbocycles. The Labute approximate surface area is 201 Å². The Hall–Kier alpha value is -3.30. The molecule has 0 amide bonds. The lowest BCUT2D eigenvalue weighted by atomic mass is 10.1. The summed E-state index contributed by atoms with van der Waals surface area (Å²) in [6.45, 7) is 12.2. The number of aryl methyl sites for hydroxylation is 4. The normalized spacial score (nSPS) is 15.2. The standard InChI is InChI=1S/C25H34N8O/c1-9-32(10-2)18-11-12-19(15(3)13-18)27-21-22(25(34)30(6)7)29-33-23(17(5)26-24(21)33)20-14-16(4)31(8)28-20/h11-14,25,34H,9-10H2,1-8H3. The molecule has 0 bridgehead atoms. The summed E-state index contributed by atoms with van der Waals surface area (Å²) in [5.41, 5.74) is 7.54. The van der Waals surface area contributed by atoms with Crippen LogP contribution in [-0.2, 0) is 7.05 Å². The Balaban J connectivity index is 1.86. The molecule has 2 aromatic heterocycles. The van der Waals surface area contributed by atoms with Crippen molar-refractivity contribution >= 4 is 22.8 Å². The predicted molar refractivity (Wildman–Crippen MR) is 137 cm³/mol. The number of imidazole rings is 1. The number of hydrogen-bond acceptors (Lipinski definition) is 7. The first-order valence-corrected chi connectivity index (χ1v) is 11.6. The SMILES string of the molecule is CCN(CC)c1ccc(N=C2C(C(O)N(C)C)=Nn3c2nc(C)c3-c2cc(C)n(C)n2)c(C)c1. The monoisotopic (exact) mass is 462 g/mol. The molecule has 1 unspecified atom stereocenters. The number of aliphatic hydroxyl groups excluding tert-OH is 1. The van der Waals surface area contributed by atoms with Crippen molar-refractivity contribution in [3.63, 3.8) is 0 Å². The van der Waals surface area contributed by atoms with Crippen molar-refractivity contribution in [3.8, 4) is 11.4 Å². The summed E-state index contributed by atoms with van der Waals surface area (Å²) in [5.74, 6) is 0.610. The molecule has 1 aliphatic rings. The van der Waals surface area contributed by atoms with Crippen LogP contribution in [0.2, 0.25) is 0 Å². The van der Waals surface area contributed by atoms with E-state index < -0.39 is 6.23 Å². The van der Waals surface area contributed by atoms with Crippen LogP contribution < -0.4 is 4.90 Å². The lowest BCUT2D eigenvalue weighted by Gasteiger charge is -2.22. The third-order valence-corrected chi connectivity index (χ3v) is 6.32. The van der Waals surface area contributed by atoms with Crippen molar-refractivity contribution in [1.82, 2.24) is 24.3 Å². The van der Waals surface area contributed by atoms with Gasteiger partial charge in [0.2, 0.25) is 0 Å². The van der Waals surface area contributed by atoms with E-state index in [1.54, 1.807) is 9.58 Å². The second-order valence-corrected chi connectivity index (χ2v) is 8.90.